The smallest absolute Gasteiger partial charge is 0.306 e. The minimum atomic E-state index is -3.46. The minimum Gasteiger partial charge on any atom is -0.481 e. The third kappa shape index (κ3) is 4.66. The zero-order valence-electron chi connectivity index (χ0n) is 13.3. The lowest BCUT2D eigenvalue weighted by molar-refractivity contribution is -0.142. The van der Waals surface area contributed by atoms with E-state index in [9.17, 15) is 13.2 Å². The molecule has 0 aromatic heterocycles. The van der Waals surface area contributed by atoms with E-state index in [1.54, 1.807) is 0 Å². The molecule has 0 saturated carbocycles. The van der Waals surface area contributed by atoms with E-state index in [4.69, 9.17) is 5.11 Å². The van der Waals surface area contributed by atoms with Gasteiger partial charge in [-0.2, -0.15) is 17.0 Å². The van der Waals surface area contributed by atoms with Crippen LogP contribution in [0.2, 0.25) is 0 Å². The fourth-order valence-corrected chi connectivity index (χ4v) is 4.44. The summed E-state index contributed by atoms with van der Waals surface area (Å²) < 4.78 is 28.3. The molecule has 6 nitrogen and oxygen atoms in total. The first-order chi connectivity index (χ1) is 9.86. The van der Waals surface area contributed by atoms with Crippen LogP contribution in [0, 0.1) is 11.8 Å². The Morgan fingerprint density at radius 3 is 2.14 bits per heavy atom. The van der Waals surface area contributed by atoms with Crippen molar-refractivity contribution >= 4 is 16.2 Å². The molecule has 0 aromatic rings. The summed E-state index contributed by atoms with van der Waals surface area (Å²) in [5, 5.41) is 8.99. The number of hydrogen-bond donors (Lipinski definition) is 1. The highest BCUT2D eigenvalue weighted by molar-refractivity contribution is 7.86. The molecule has 0 amide bonds. The summed E-state index contributed by atoms with van der Waals surface area (Å²) in [7, 11) is -3.46. The van der Waals surface area contributed by atoms with E-state index in [-0.39, 0.29) is 0 Å². The monoisotopic (exact) mass is 320 g/mol. The van der Waals surface area contributed by atoms with E-state index in [0.29, 0.717) is 44.9 Å². The molecule has 0 unspecified atom stereocenters. The lowest BCUT2D eigenvalue weighted by Gasteiger charge is -2.34. The molecule has 0 spiro atoms. The van der Waals surface area contributed by atoms with E-state index in [0.717, 1.165) is 12.8 Å². The van der Waals surface area contributed by atoms with Crippen LogP contribution in [0.1, 0.15) is 46.5 Å². The maximum Gasteiger partial charge on any atom is 0.306 e. The molecule has 0 aromatic carbocycles. The van der Waals surface area contributed by atoms with Gasteiger partial charge < -0.3 is 5.11 Å². The molecule has 1 aliphatic rings. The van der Waals surface area contributed by atoms with Gasteiger partial charge in [-0.15, -0.1) is 0 Å². The van der Waals surface area contributed by atoms with Crippen molar-refractivity contribution in [1.82, 2.24) is 8.61 Å². The van der Waals surface area contributed by atoms with E-state index in [1.807, 2.05) is 6.92 Å². The molecular weight excluding hydrogens is 292 g/mol. The summed E-state index contributed by atoms with van der Waals surface area (Å²) in [5.74, 6) is -0.863. The fourth-order valence-electron chi connectivity index (χ4n) is 2.72. The van der Waals surface area contributed by atoms with Gasteiger partial charge in [-0.05, 0) is 18.8 Å². The second-order valence-electron chi connectivity index (χ2n) is 5.65. The van der Waals surface area contributed by atoms with Gasteiger partial charge in [-0.1, -0.05) is 33.6 Å². The molecule has 0 atom stereocenters. The first-order valence-corrected chi connectivity index (χ1v) is 9.24. The van der Waals surface area contributed by atoms with Gasteiger partial charge in [0.15, 0.2) is 0 Å². The Balaban J connectivity index is 2.72. The van der Waals surface area contributed by atoms with Gasteiger partial charge >= 0.3 is 5.97 Å². The predicted molar refractivity (Wildman–Crippen MR) is 82.2 cm³/mol. The van der Waals surface area contributed by atoms with Gasteiger partial charge in [0.2, 0.25) is 0 Å². The number of piperidine rings is 1. The van der Waals surface area contributed by atoms with Crippen LogP contribution in [0.15, 0.2) is 0 Å². The Labute approximate surface area is 128 Å². The number of rotatable bonds is 8. The molecule has 1 saturated heterocycles. The maximum atomic E-state index is 12.7. The fraction of sp³-hybridized carbons (Fsp3) is 0.929. The second-order valence-corrected chi connectivity index (χ2v) is 7.58. The van der Waals surface area contributed by atoms with Crippen LogP contribution >= 0.6 is 0 Å². The summed E-state index contributed by atoms with van der Waals surface area (Å²) in [6, 6.07) is 0. The van der Waals surface area contributed by atoms with Gasteiger partial charge in [-0.25, -0.2) is 0 Å². The summed E-state index contributed by atoms with van der Waals surface area (Å²) >= 11 is 0. The Hall–Kier alpha value is -0.660. The minimum absolute atomic E-state index is 0.304. The normalized spacial score (nSPS) is 18.5. The summed E-state index contributed by atoms with van der Waals surface area (Å²) in [5.41, 5.74) is 0. The molecule has 0 aliphatic carbocycles. The number of carbonyl (C=O) groups is 1. The van der Waals surface area contributed by atoms with Gasteiger partial charge in [0.05, 0.1) is 5.92 Å². The third-order valence-corrected chi connectivity index (χ3v) is 6.50. The molecule has 1 aliphatic heterocycles. The summed E-state index contributed by atoms with van der Waals surface area (Å²) in [4.78, 5) is 10.9. The van der Waals surface area contributed by atoms with Crippen molar-refractivity contribution in [3.05, 3.63) is 0 Å². The molecule has 1 fully saturated rings. The van der Waals surface area contributed by atoms with Gasteiger partial charge in [0.25, 0.3) is 10.2 Å². The molecule has 1 rings (SSSR count). The van der Waals surface area contributed by atoms with Crippen LogP contribution in [0.25, 0.3) is 0 Å². The predicted octanol–water partition coefficient (Wildman–Crippen LogP) is 1.79. The highest BCUT2D eigenvalue weighted by Gasteiger charge is 2.34. The van der Waals surface area contributed by atoms with Crippen molar-refractivity contribution in [2.24, 2.45) is 11.8 Å². The number of nitrogens with zero attached hydrogens (tertiary/aromatic N) is 2. The Kier molecular flexibility index (Phi) is 7.09. The highest BCUT2D eigenvalue weighted by atomic mass is 32.2. The van der Waals surface area contributed by atoms with Crippen LogP contribution in [0.3, 0.4) is 0 Å². The van der Waals surface area contributed by atoms with Gasteiger partial charge in [0, 0.05) is 26.2 Å². The molecule has 7 heteroatoms. The first kappa shape index (κ1) is 18.4. The topological polar surface area (TPSA) is 77.9 Å². The van der Waals surface area contributed by atoms with Crippen LogP contribution in [-0.4, -0.2) is 54.3 Å². The maximum absolute atomic E-state index is 12.7. The lowest BCUT2D eigenvalue weighted by Crippen LogP contribution is -2.49. The Morgan fingerprint density at radius 2 is 1.76 bits per heavy atom. The van der Waals surface area contributed by atoms with Crippen molar-refractivity contribution in [3.8, 4) is 0 Å². The molecule has 1 N–H and O–H groups in total. The lowest BCUT2D eigenvalue weighted by atomic mass is 9.99. The van der Waals surface area contributed by atoms with Crippen molar-refractivity contribution in [2.75, 3.05) is 26.2 Å². The quantitative estimate of drug-likeness (QED) is 0.739. The van der Waals surface area contributed by atoms with Crippen LogP contribution in [0.5, 0.6) is 0 Å². The first-order valence-electron chi connectivity index (χ1n) is 7.84. The van der Waals surface area contributed by atoms with E-state index in [2.05, 4.69) is 13.8 Å². The van der Waals surface area contributed by atoms with Gasteiger partial charge in [0.1, 0.15) is 0 Å². The van der Waals surface area contributed by atoms with Crippen LogP contribution in [-0.2, 0) is 15.0 Å². The number of hydrogen-bond acceptors (Lipinski definition) is 3. The van der Waals surface area contributed by atoms with Crippen LogP contribution in [0.4, 0.5) is 0 Å². The zero-order valence-corrected chi connectivity index (χ0v) is 14.1. The second kappa shape index (κ2) is 8.10. The van der Waals surface area contributed by atoms with Crippen molar-refractivity contribution in [2.45, 2.75) is 46.5 Å². The highest BCUT2D eigenvalue weighted by Crippen LogP contribution is 2.22. The van der Waals surface area contributed by atoms with Crippen molar-refractivity contribution in [3.63, 3.8) is 0 Å². The summed E-state index contributed by atoms with van der Waals surface area (Å²) in [6.45, 7) is 7.61. The molecule has 0 radical (unpaired) electrons. The van der Waals surface area contributed by atoms with Gasteiger partial charge in [-0.3, -0.25) is 4.79 Å². The van der Waals surface area contributed by atoms with E-state index < -0.39 is 22.1 Å². The standard InChI is InChI=1S/C14H28N2O4S/c1-4-12(5-2)11-15(6-3)21(19,20)16-9-7-13(8-10-16)14(17)18/h12-13H,4-11H2,1-3H3,(H,17,18). The number of carboxylic acids is 1. The van der Waals surface area contributed by atoms with Crippen molar-refractivity contribution in [1.29, 1.82) is 0 Å². The number of carboxylic acid groups (broad SMARTS) is 1. The van der Waals surface area contributed by atoms with E-state index >= 15 is 0 Å². The average molecular weight is 320 g/mol. The van der Waals surface area contributed by atoms with E-state index in [1.165, 1.54) is 8.61 Å². The largest absolute Gasteiger partial charge is 0.481 e. The van der Waals surface area contributed by atoms with Crippen molar-refractivity contribution < 1.29 is 18.3 Å². The Bertz CT molecular complexity index is 426. The summed E-state index contributed by atoms with van der Waals surface area (Å²) in [6.07, 6.45) is 2.72. The Morgan fingerprint density at radius 1 is 1.24 bits per heavy atom. The average Bonchev–Trinajstić information content (AvgIpc) is 2.48. The molecular formula is C14H28N2O4S. The number of aliphatic carboxylic acids is 1. The molecule has 124 valence electrons. The zero-order chi connectivity index (χ0) is 16.0. The van der Waals surface area contributed by atoms with Crippen LogP contribution < -0.4 is 0 Å². The molecule has 0 bridgehead atoms. The SMILES string of the molecule is CCC(CC)CN(CC)S(=O)(=O)N1CCC(C(=O)O)CC1. The molecule has 1 heterocycles. The third-order valence-electron chi connectivity index (χ3n) is 4.42. The molecule has 21 heavy (non-hydrogen) atoms.